The maximum absolute atomic E-state index is 2.46. The largest absolute Gasteiger partial charge is 1.00 e. The van der Waals surface area contributed by atoms with E-state index in [1.165, 1.54) is 111 Å². The van der Waals surface area contributed by atoms with E-state index in [1.807, 2.05) is 0 Å². The average Bonchev–Trinajstić information content (AvgIpc) is 3.00. The molecule has 0 N–H and O–H groups in total. The van der Waals surface area contributed by atoms with Crippen LogP contribution in [0.3, 0.4) is 0 Å². The summed E-state index contributed by atoms with van der Waals surface area (Å²) in [6.07, 6.45) is 20.9. The zero-order chi connectivity index (χ0) is 24.9. The Kier molecular flexibility index (Phi) is 10.3. The lowest BCUT2D eigenvalue weighted by molar-refractivity contribution is -0.00000748. The molecule has 3 fully saturated rings. The van der Waals surface area contributed by atoms with Crippen LogP contribution in [-0.2, 0) is 10.9 Å². The molecule has 3 aliphatic carbocycles. The third kappa shape index (κ3) is 6.72. The molecule has 0 nitrogen and oxygen atoms in total. The first-order valence-corrected chi connectivity index (χ1v) is 16.6. The number of halogens is 1. The Morgan fingerprint density at radius 1 is 0.342 bits per heavy atom. The van der Waals surface area contributed by atoms with Crippen molar-refractivity contribution < 1.29 is 24.0 Å². The third-order valence-electron chi connectivity index (χ3n) is 9.58. The van der Waals surface area contributed by atoms with Gasteiger partial charge in [-0.15, -0.1) is 0 Å². The minimum atomic E-state index is -0.0542. The van der Waals surface area contributed by atoms with Crippen LogP contribution in [0.25, 0.3) is 0 Å². The Morgan fingerprint density at radius 2 is 0.579 bits per heavy atom. The second-order valence-electron chi connectivity index (χ2n) is 12.0. The molecule has 0 saturated heterocycles. The van der Waals surface area contributed by atoms with Gasteiger partial charge in [0.05, 0.1) is 10.9 Å². The van der Waals surface area contributed by atoms with Gasteiger partial charge in [0.2, 0.25) is 0 Å². The van der Waals surface area contributed by atoms with Crippen molar-refractivity contribution in [3.05, 3.63) is 89.5 Å². The highest BCUT2D eigenvalue weighted by Gasteiger charge is 2.30. The van der Waals surface area contributed by atoms with E-state index in [1.54, 1.807) is 16.7 Å². The van der Waals surface area contributed by atoms with E-state index in [0.29, 0.717) is 0 Å². The van der Waals surface area contributed by atoms with Crippen LogP contribution in [-0.4, -0.2) is 0 Å². The van der Waals surface area contributed by atoms with Gasteiger partial charge >= 0.3 is 0 Å². The molecule has 0 heterocycles. The van der Waals surface area contributed by atoms with Crippen molar-refractivity contribution in [1.82, 2.24) is 0 Å². The van der Waals surface area contributed by atoms with Gasteiger partial charge in [0.25, 0.3) is 0 Å². The highest BCUT2D eigenvalue weighted by atomic mass is 127. The standard InChI is InChI=1S/C36H45S.HI/c1-4-10-28(11-5-1)31-16-22-34(23-17-31)37(35-24-18-32(19-25-35)29-12-6-2-7-13-29)36-26-20-33(21-27-36)30-14-8-3-9-15-30;/h16-30H,1-15H2;1H/q+1;/p-1. The van der Waals surface area contributed by atoms with E-state index in [4.69, 9.17) is 0 Å². The molecule has 0 unspecified atom stereocenters. The Bertz CT molecular complexity index is 953. The summed E-state index contributed by atoms with van der Waals surface area (Å²) in [5.41, 5.74) is 4.69. The van der Waals surface area contributed by atoms with Crippen molar-refractivity contribution in [3.8, 4) is 0 Å². The molecule has 3 aliphatic rings. The lowest BCUT2D eigenvalue weighted by atomic mass is 9.84. The predicted molar refractivity (Wildman–Crippen MR) is 159 cm³/mol. The number of hydrogen-bond acceptors (Lipinski definition) is 0. The summed E-state index contributed by atoms with van der Waals surface area (Å²) in [6.45, 7) is 0. The Labute approximate surface area is 251 Å². The fourth-order valence-corrected chi connectivity index (χ4v) is 9.39. The normalized spacial score (nSPS) is 19.8. The van der Waals surface area contributed by atoms with E-state index in [0.717, 1.165) is 17.8 Å². The molecule has 3 saturated carbocycles. The molecule has 0 aromatic heterocycles. The molecular formula is C36H45IS. The molecule has 2 heteroatoms. The van der Waals surface area contributed by atoms with Crippen molar-refractivity contribution in [2.75, 3.05) is 0 Å². The summed E-state index contributed by atoms with van der Waals surface area (Å²) in [7, 11) is -0.0542. The van der Waals surface area contributed by atoms with Crippen molar-refractivity contribution in [3.63, 3.8) is 0 Å². The molecule has 6 rings (SSSR count). The lowest BCUT2D eigenvalue weighted by Gasteiger charge is -2.23. The topological polar surface area (TPSA) is 0 Å². The van der Waals surface area contributed by atoms with E-state index >= 15 is 0 Å². The van der Waals surface area contributed by atoms with Crippen LogP contribution in [0, 0.1) is 0 Å². The molecule has 202 valence electrons. The molecule has 3 aromatic carbocycles. The molecule has 0 amide bonds. The van der Waals surface area contributed by atoms with Gasteiger partial charge in [-0.25, -0.2) is 0 Å². The zero-order valence-electron chi connectivity index (χ0n) is 23.1. The number of benzene rings is 3. The fourth-order valence-electron chi connectivity index (χ4n) is 7.34. The van der Waals surface area contributed by atoms with Crippen molar-refractivity contribution in [2.24, 2.45) is 0 Å². The SMILES string of the molecule is [I-].c1cc([S+](c2ccc(C3CCCCC3)cc2)c2ccc(C3CCCCC3)cc2)ccc1C1CCCCC1. The highest BCUT2D eigenvalue weighted by molar-refractivity contribution is 7.97. The summed E-state index contributed by atoms with van der Waals surface area (Å²) in [6, 6.07) is 29.5. The van der Waals surface area contributed by atoms with Gasteiger partial charge in [-0.05, 0) is 109 Å². The second-order valence-corrected chi connectivity index (χ2v) is 14.0. The number of hydrogen-bond donors (Lipinski definition) is 0. The van der Waals surface area contributed by atoms with Gasteiger partial charge in [0.15, 0.2) is 14.7 Å². The predicted octanol–water partition coefficient (Wildman–Crippen LogP) is 7.93. The van der Waals surface area contributed by atoms with Crippen LogP contribution in [0.5, 0.6) is 0 Å². The third-order valence-corrected chi connectivity index (χ3v) is 11.8. The van der Waals surface area contributed by atoms with Crippen LogP contribution < -0.4 is 24.0 Å². The Morgan fingerprint density at radius 3 is 0.816 bits per heavy atom. The van der Waals surface area contributed by atoms with Gasteiger partial charge in [-0.1, -0.05) is 94.2 Å². The van der Waals surface area contributed by atoms with Crippen LogP contribution in [0.15, 0.2) is 87.5 Å². The molecule has 0 aliphatic heterocycles. The van der Waals surface area contributed by atoms with Gasteiger partial charge in [0, 0.05) is 0 Å². The molecule has 0 atom stereocenters. The fraction of sp³-hybridized carbons (Fsp3) is 0.500. The molecular weight excluding hydrogens is 591 g/mol. The first-order chi connectivity index (χ1) is 18.3. The summed E-state index contributed by atoms with van der Waals surface area (Å²) in [5, 5.41) is 0. The van der Waals surface area contributed by atoms with Crippen molar-refractivity contribution in [2.45, 2.75) is 129 Å². The van der Waals surface area contributed by atoms with Crippen molar-refractivity contribution >= 4 is 10.9 Å². The Hall–Kier alpha value is -1.26. The van der Waals surface area contributed by atoms with Gasteiger partial charge < -0.3 is 24.0 Å². The maximum Gasteiger partial charge on any atom is 0.166 e. The van der Waals surface area contributed by atoms with E-state index in [2.05, 4.69) is 72.8 Å². The molecule has 38 heavy (non-hydrogen) atoms. The van der Waals surface area contributed by atoms with Crippen LogP contribution >= 0.6 is 0 Å². The van der Waals surface area contributed by atoms with Gasteiger partial charge in [-0.3, -0.25) is 0 Å². The molecule has 0 radical (unpaired) electrons. The quantitative estimate of drug-likeness (QED) is 0.191. The van der Waals surface area contributed by atoms with E-state index in [9.17, 15) is 0 Å². The lowest BCUT2D eigenvalue weighted by Crippen LogP contribution is -3.00. The maximum atomic E-state index is 2.46. The average molecular weight is 637 g/mol. The number of rotatable bonds is 6. The second kappa shape index (κ2) is 13.9. The molecule has 3 aromatic rings. The van der Waals surface area contributed by atoms with Crippen LogP contribution in [0.4, 0.5) is 0 Å². The minimum Gasteiger partial charge on any atom is -1.00 e. The van der Waals surface area contributed by atoms with Gasteiger partial charge in [-0.2, -0.15) is 0 Å². The minimum absolute atomic E-state index is 0. The van der Waals surface area contributed by atoms with Crippen molar-refractivity contribution in [1.29, 1.82) is 0 Å². The summed E-state index contributed by atoms with van der Waals surface area (Å²) < 4.78 is 0. The van der Waals surface area contributed by atoms with Gasteiger partial charge in [0.1, 0.15) is 0 Å². The smallest absolute Gasteiger partial charge is 0.166 e. The summed E-state index contributed by atoms with van der Waals surface area (Å²) in [5.74, 6) is 2.32. The van der Waals surface area contributed by atoms with Crippen LogP contribution in [0.1, 0.15) is 131 Å². The summed E-state index contributed by atoms with van der Waals surface area (Å²) >= 11 is 0. The Balaban J connectivity index is 0.00000294. The highest BCUT2D eigenvalue weighted by Crippen LogP contribution is 2.39. The summed E-state index contributed by atoms with van der Waals surface area (Å²) in [4.78, 5) is 4.40. The monoisotopic (exact) mass is 636 g/mol. The van der Waals surface area contributed by atoms with E-state index in [-0.39, 0.29) is 34.9 Å². The first-order valence-electron chi connectivity index (χ1n) is 15.4. The molecule has 0 spiro atoms. The van der Waals surface area contributed by atoms with E-state index < -0.39 is 0 Å². The molecule has 0 bridgehead atoms. The zero-order valence-corrected chi connectivity index (χ0v) is 26.0. The first kappa shape index (κ1) is 28.3. The van der Waals surface area contributed by atoms with Crippen LogP contribution in [0.2, 0.25) is 0 Å².